The second kappa shape index (κ2) is 6.84. The Labute approximate surface area is 126 Å². The quantitative estimate of drug-likeness (QED) is 0.804. The maximum Gasteiger partial charge on any atom is 0.308 e. The van der Waals surface area contributed by atoms with Crippen LogP contribution in [0, 0.1) is 0 Å². The number of nitrogens with zero attached hydrogens (tertiary/aromatic N) is 1. The number of amides is 1. The first kappa shape index (κ1) is 15.7. The molecule has 2 N–H and O–H groups in total. The maximum absolute atomic E-state index is 12.0. The van der Waals surface area contributed by atoms with E-state index in [0.717, 1.165) is 0 Å². The Bertz CT molecular complexity index is 754. The molecule has 116 valence electrons. The molecule has 1 amide bonds. The topological polar surface area (TPSA) is 101 Å². The number of hydrogen-bond donors (Lipinski definition) is 2. The zero-order chi connectivity index (χ0) is 16.1. The molecule has 0 bridgehead atoms. The van der Waals surface area contributed by atoms with Crippen LogP contribution in [0.4, 0.5) is 0 Å². The highest BCUT2D eigenvalue weighted by Gasteiger charge is 2.15. The predicted octanol–water partition coefficient (Wildman–Crippen LogP) is 1.05. The van der Waals surface area contributed by atoms with Crippen molar-refractivity contribution < 1.29 is 14.3 Å². The number of H-pyrrole nitrogens is 1. The molecule has 2 aromatic rings. The van der Waals surface area contributed by atoms with Gasteiger partial charge in [-0.15, -0.1) is 0 Å². The molecule has 22 heavy (non-hydrogen) atoms. The highest BCUT2D eigenvalue weighted by atomic mass is 16.5. The molecular formula is C15H17N3O4. The standard InChI is InChI=1S/C15H17N3O4/c1-9(22-13(20)7-8-16-10(2)19)14-17-12-6-4-3-5-11(12)15(21)18-14/h3-6,9H,7-8H2,1-2H3,(H,16,19)(H,17,18,21)/t9-/m1/s1. The third-order valence-corrected chi connectivity index (χ3v) is 3.03. The number of esters is 1. The first-order valence-corrected chi connectivity index (χ1v) is 6.90. The van der Waals surface area contributed by atoms with Crippen LogP contribution in [0.3, 0.4) is 0 Å². The maximum atomic E-state index is 12.0. The molecule has 2 rings (SSSR count). The molecule has 7 nitrogen and oxygen atoms in total. The van der Waals surface area contributed by atoms with Crippen molar-refractivity contribution in [1.82, 2.24) is 15.3 Å². The van der Waals surface area contributed by atoms with Gasteiger partial charge in [0.2, 0.25) is 5.91 Å². The minimum atomic E-state index is -0.679. The lowest BCUT2D eigenvalue weighted by Crippen LogP contribution is -2.24. The SMILES string of the molecule is CC(=O)NCCC(=O)O[C@H](C)c1nc2ccccc2c(=O)[nH]1. The van der Waals surface area contributed by atoms with Gasteiger partial charge in [-0.1, -0.05) is 12.1 Å². The Morgan fingerprint density at radius 2 is 2.09 bits per heavy atom. The van der Waals surface area contributed by atoms with Crippen molar-refractivity contribution in [3.63, 3.8) is 0 Å². The Kier molecular flexibility index (Phi) is 4.88. The van der Waals surface area contributed by atoms with Gasteiger partial charge in [-0.2, -0.15) is 0 Å². The second-order valence-corrected chi connectivity index (χ2v) is 4.83. The van der Waals surface area contributed by atoms with Gasteiger partial charge in [-0.25, -0.2) is 4.98 Å². The van der Waals surface area contributed by atoms with Gasteiger partial charge in [0, 0.05) is 13.5 Å². The number of nitrogens with one attached hydrogen (secondary N) is 2. The number of carbonyl (C=O) groups is 2. The van der Waals surface area contributed by atoms with Gasteiger partial charge in [0.1, 0.15) is 0 Å². The molecule has 0 aliphatic heterocycles. The van der Waals surface area contributed by atoms with E-state index in [4.69, 9.17) is 4.74 Å². The van der Waals surface area contributed by atoms with Crippen LogP contribution in [-0.4, -0.2) is 28.4 Å². The number of aromatic amines is 1. The summed E-state index contributed by atoms with van der Waals surface area (Å²) in [6.07, 6.45) is -0.621. The molecule has 0 fully saturated rings. The summed E-state index contributed by atoms with van der Waals surface area (Å²) < 4.78 is 5.20. The summed E-state index contributed by atoms with van der Waals surface area (Å²) in [7, 11) is 0. The highest BCUT2D eigenvalue weighted by molar-refractivity contribution is 5.77. The van der Waals surface area contributed by atoms with Crippen molar-refractivity contribution >= 4 is 22.8 Å². The van der Waals surface area contributed by atoms with Crippen molar-refractivity contribution in [3.8, 4) is 0 Å². The molecule has 0 radical (unpaired) electrons. The molecule has 0 spiro atoms. The molecule has 1 heterocycles. The largest absolute Gasteiger partial charge is 0.454 e. The zero-order valence-corrected chi connectivity index (χ0v) is 12.4. The summed E-state index contributed by atoms with van der Waals surface area (Å²) >= 11 is 0. The molecule has 0 unspecified atom stereocenters. The van der Waals surface area contributed by atoms with Gasteiger partial charge in [0.25, 0.3) is 5.56 Å². The van der Waals surface area contributed by atoms with Crippen molar-refractivity contribution in [2.75, 3.05) is 6.54 Å². The fourth-order valence-electron chi connectivity index (χ4n) is 1.95. The summed E-state index contributed by atoms with van der Waals surface area (Å²) in [4.78, 5) is 41.2. The smallest absolute Gasteiger partial charge is 0.308 e. The van der Waals surface area contributed by atoms with Gasteiger partial charge in [0.15, 0.2) is 11.9 Å². The van der Waals surface area contributed by atoms with Crippen LogP contribution >= 0.6 is 0 Å². The fourth-order valence-corrected chi connectivity index (χ4v) is 1.95. The van der Waals surface area contributed by atoms with Crippen LogP contribution in [0.25, 0.3) is 10.9 Å². The number of ether oxygens (including phenoxy) is 1. The van der Waals surface area contributed by atoms with E-state index in [0.29, 0.717) is 10.9 Å². The zero-order valence-electron chi connectivity index (χ0n) is 12.4. The summed E-state index contributed by atoms with van der Waals surface area (Å²) in [6.45, 7) is 3.21. The first-order valence-electron chi connectivity index (χ1n) is 6.90. The number of para-hydroxylation sites is 1. The van der Waals surface area contributed by atoms with E-state index in [-0.39, 0.29) is 30.3 Å². The van der Waals surface area contributed by atoms with Crippen LogP contribution in [0.15, 0.2) is 29.1 Å². The number of benzene rings is 1. The molecule has 1 aromatic heterocycles. The minimum absolute atomic E-state index is 0.0573. The van der Waals surface area contributed by atoms with E-state index in [1.807, 2.05) is 0 Å². The van der Waals surface area contributed by atoms with Crippen molar-refractivity contribution in [3.05, 3.63) is 40.4 Å². The van der Waals surface area contributed by atoms with Gasteiger partial charge >= 0.3 is 5.97 Å². The lowest BCUT2D eigenvalue weighted by atomic mass is 10.2. The number of rotatable bonds is 5. The second-order valence-electron chi connectivity index (χ2n) is 4.83. The molecular weight excluding hydrogens is 286 g/mol. The van der Waals surface area contributed by atoms with E-state index in [9.17, 15) is 14.4 Å². The predicted molar refractivity (Wildman–Crippen MR) is 80.2 cm³/mol. The molecule has 1 aromatic carbocycles. The van der Waals surface area contributed by atoms with Crippen LogP contribution in [-0.2, 0) is 14.3 Å². The van der Waals surface area contributed by atoms with E-state index >= 15 is 0 Å². The Morgan fingerprint density at radius 3 is 2.82 bits per heavy atom. The lowest BCUT2D eigenvalue weighted by molar-refractivity contribution is -0.148. The Balaban J connectivity index is 2.06. The average Bonchev–Trinajstić information content (AvgIpc) is 2.46. The number of hydrogen-bond acceptors (Lipinski definition) is 5. The fraction of sp³-hybridized carbons (Fsp3) is 0.333. The molecule has 0 aliphatic rings. The Morgan fingerprint density at radius 1 is 1.36 bits per heavy atom. The number of fused-ring (bicyclic) bond motifs is 1. The normalized spacial score (nSPS) is 11.9. The summed E-state index contributed by atoms with van der Waals surface area (Å²) in [6, 6.07) is 6.93. The molecule has 0 saturated carbocycles. The van der Waals surface area contributed by atoms with Gasteiger partial charge < -0.3 is 15.0 Å². The van der Waals surface area contributed by atoms with Crippen molar-refractivity contribution in [2.24, 2.45) is 0 Å². The van der Waals surface area contributed by atoms with Crippen molar-refractivity contribution in [2.45, 2.75) is 26.4 Å². The summed E-state index contributed by atoms with van der Waals surface area (Å²) in [5.41, 5.74) is 0.268. The van der Waals surface area contributed by atoms with E-state index in [2.05, 4.69) is 15.3 Å². The number of carbonyl (C=O) groups excluding carboxylic acids is 2. The minimum Gasteiger partial charge on any atom is -0.454 e. The highest BCUT2D eigenvalue weighted by Crippen LogP contribution is 2.14. The third-order valence-electron chi connectivity index (χ3n) is 3.03. The van der Waals surface area contributed by atoms with Crippen LogP contribution in [0.5, 0.6) is 0 Å². The molecule has 7 heteroatoms. The van der Waals surface area contributed by atoms with E-state index < -0.39 is 12.1 Å². The first-order chi connectivity index (χ1) is 10.5. The monoisotopic (exact) mass is 303 g/mol. The molecule has 0 aliphatic carbocycles. The van der Waals surface area contributed by atoms with Gasteiger partial charge in [0.05, 0.1) is 17.3 Å². The summed E-state index contributed by atoms with van der Waals surface area (Å²) in [5.74, 6) is -0.394. The van der Waals surface area contributed by atoms with Gasteiger partial charge in [-0.05, 0) is 19.1 Å². The van der Waals surface area contributed by atoms with Crippen LogP contribution in [0.1, 0.15) is 32.2 Å². The lowest BCUT2D eigenvalue weighted by Gasteiger charge is -2.13. The molecule has 0 saturated heterocycles. The van der Waals surface area contributed by atoms with E-state index in [1.54, 1.807) is 31.2 Å². The summed E-state index contributed by atoms with van der Waals surface area (Å²) in [5, 5.41) is 2.99. The van der Waals surface area contributed by atoms with Crippen molar-refractivity contribution in [1.29, 1.82) is 0 Å². The molecule has 1 atom stereocenters. The van der Waals surface area contributed by atoms with Crippen LogP contribution in [0.2, 0.25) is 0 Å². The average molecular weight is 303 g/mol. The number of aromatic nitrogens is 2. The van der Waals surface area contributed by atoms with Crippen LogP contribution < -0.4 is 10.9 Å². The van der Waals surface area contributed by atoms with E-state index in [1.165, 1.54) is 6.92 Å². The Hall–Kier alpha value is -2.70. The third kappa shape index (κ3) is 3.91. The van der Waals surface area contributed by atoms with Gasteiger partial charge in [-0.3, -0.25) is 14.4 Å².